The smallest absolute Gasteiger partial charge is 0.262 e. The Labute approximate surface area is 165 Å². The molecule has 0 aliphatic heterocycles. The van der Waals surface area contributed by atoms with Crippen molar-refractivity contribution in [2.75, 3.05) is 5.32 Å². The maximum absolute atomic E-state index is 12.2. The Kier molecular flexibility index (Phi) is 6.41. The maximum atomic E-state index is 12.2. The SMILES string of the molecule is Cc1ccc(N[C@@H](C)C(=O)N/N=C\c2cccc(Oc3ccccc3)c2)cc1. The fourth-order valence-corrected chi connectivity index (χ4v) is 2.52. The van der Waals surface area contributed by atoms with E-state index in [9.17, 15) is 4.79 Å². The molecule has 3 aromatic rings. The summed E-state index contributed by atoms with van der Waals surface area (Å²) in [6, 6.07) is 24.5. The van der Waals surface area contributed by atoms with Crippen molar-refractivity contribution >= 4 is 17.8 Å². The summed E-state index contributed by atoms with van der Waals surface area (Å²) in [5, 5.41) is 7.19. The molecule has 0 bridgehead atoms. The van der Waals surface area contributed by atoms with Crippen molar-refractivity contribution in [3.8, 4) is 11.5 Å². The van der Waals surface area contributed by atoms with Crippen LogP contribution in [0.25, 0.3) is 0 Å². The Morgan fingerprint density at radius 1 is 0.964 bits per heavy atom. The van der Waals surface area contributed by atoms with Crippen molar-refractivity contribution in [2.24, 2.45) is 5.10 Å². The number of aryl methyl sites for hydroxylation is 1. The van der Waals surface area contributed by atoms with E-state index in [1.807, 2.05) is 85.8 Å². The average Bonchev–Trinajstić information content (AvgIpc) is 2.71. The molecule has 28 heavy (non-hydrogen) atoms. The zero-order valence-corrected chi connectivity index (χ0v) is 15.9. The summed E-state index contributed by atoms with van der Waals surface area (Å²) in [5.74, 6) is 1.25. The lowest BCUT2D eigenvalue weighted by atomic mass is 10.2. The molecule has 0 heterocycles. The number of benzene rings is 3. The third-order valence-corrected chi connectivity index (χ3v) is 4.05. The van der Waals surface area contributed by atoms with Gasteiger partial charge in [0.1, 0.15) is 17.5 Å². The van der Waals surface area contributed by atoms with Crippen LogP contribution in [0.4, 0.5) is 5.69 Å². The Morgan fingerprint density at radius 2 is 1.68 bits per heavy atom. The van der Waals surface area contributed by atoms with E-state index in [2.05, 4.69) is 15.8 Å². The van der Waals surface area contributed by atoms with Gasteiger partial charge in [0.15, 0.2) is 0 Å². The highest BCUT2D eigenvalue weighted by molar-refractivity contribution is 5.86. The number of rotatable bonds is 7. The van der Waals surface area contributed by atoms with Gasteiger partial charge < -0.3 is 10.1 Å². The van der Waals surface area contributed by atoms with Gasteiger partial charge in [0.2, 0.25) is 0 Å². The number of hydrogen-bond acceptors (Lipinski definition) is 4. The van der Waals surface area contributed by atoms with Crippen LogP contribution in [0, 0.1) is 6.92 Å². The molecule has 0 unspecified atom stereocenters. The van der Waals surface area contributed by atoms with E-state index in [4.69, 9.17) is 4.74 Å². The molecule has 0 saturated carbocycles. The highest BCUT2D eigenvalue weighted by Gasteiger charge is 2.11. The van der Waals surface area contributed by atoms with Gasteiger partial charge in [-0.3, -0.25) is 4.79 Å². The van der Waals surface area contributed by atoms with Crippen molar-refractivity contribution in [2.45, 2.75) is 19.9 Å². The molecule has 1 atom stereocenters. The normalized spacial score (nSPS) is 11.8. The molecule has 1 amide bonds. The summed E-state index contributed by atoms with van der Waals surface area (Å²) < 4.78 is 5.80. The molecule has 0 aliphatic carbocycles. The third kappa shape index (κ3) is 5.71. The van der Waals surface area contributed by atoms with Crippen LogP contribution in [0.1, 0.15) is 18.1 Å². The van der Waals surface area contributed by atoms with Gasteiger partial charge in [-0.15, -0.1) is 0 Å². The van der Waals surface area contributed by atoms with Crippen LogP contribution in [0.2, 0.25) is 0 Å². The van der Waals surface area contributed by atoms with Crippen LogP contribution >= 0.6 is 0 Å². The first-order valence-corrected chi connectivity index (χ1v) is 9.09. The quantitative estimate of drug-likeness (QED) is 0.464. The molecule has 0 fully saturated rings. The van der Waals surface area contributed by atoms with Crippen molar-refractivity contribution < 1.29 is 9.53 Å². The molecule has 0 spiro atoms. The van der Waals surface area contributed by atoms with Crippen LogP contribution < -0.4 is 15.5 Å². The monoisotopic (exact) mass is 373 g/mol. The zero-order valence-electron chi connectivity index (χ0n) is 15.9. The number of anilines is 1. The van der Waals surface area contributed by atoms with Crippen molar-refractivity contribution in [1.82, 2.24) is 5.43 Å². The molecule has 0 radical (unpaired) electrons. The lowest BCUT2D eigenvalue weighted by molar-refractivity contribution is -0.121. The zero-order chi connectivity index (χ0) is 19.8. The molecule has 0 aliphatic rings. The largest absolute Gasteiger partial charge is 0.457 e. The lowest BCUT2D eigenvalue weighted by Gasteiger charge is -2.13. The molecular weight excluding hydrogens is 350 g/mol. The molecule has 5 heteroatoms. The number of carbonyl (C=O) groups excluding carboxylic acids is 1. The van der Waals surface area contributed by atoms with Crippen LogP contribution in [0.5, 0.6) is 11.5 Å². The van der Waals surface area contributed by atoms with Gasteiger partial charge in [-0.1, -0.05) is 48.0 Å². The minimum absolute atomic E-state index is 0.214. The minimum atomic E-state index is -0.410. The van der Waals surface area contributed by atoms with E-state index < -0.39 is 6.04 Å². The number of hydrogen-bond donors (Lipinski definition) is 2. The minimum Gasteiger partial charge on any atom is -0.457 e. The first-order chi connectivity index (χ1) is 13.6. The Bertz CT molecular complexity index is 938. The number of para-hydroxylation sites is 1. The van der Waals surface area contributed by atoms with E-state index in [0.717, 1.165) is 17.0 Å². The summed E-state index contributed by atoms with van der Waals surface area (Å²) in [6.07, 6.45) is 1.59. The highest BCUT2D eigenvalue weighted by atomic mass is 16.5. The maximum Gasteiger partial charge on any atom is 0.262 e. The highest BCUT2D eigenvalue weighted by Crippen LogP contribution is 2.21. The predicted molar refractivity (Wildman–Crippen MR) is 113 cm³/mol. The fraction of sp³-hybridized carbons (Fsp3) is 0.130. The van der Waals surface area contributed by atoms with Crippen molar-refractivity contribution in [1.29, 1.82) is 0 Å². The summed E-state index contributed by atoms with van der Waals surface area (Å²) >= 11 is 0. The van der Waals surface area contributed by atoms with E-state index in [1.165, 1.54) is 5.56 Å². The second-order valence-electron chi connectivity index (χ2n) is 6.45. The van der Waals surface area contributed by atoms with Crippen LogP contribution in [-0.4, -0.2) is 18.2 Å². The first-order valence-electron chi connectivity index (χ1n) is 9.09. The van der Waals surface area contributed by atoms with Gasteiger partial charge in [0.05, 0.1) is 6.21 Å². The van der Waals surface area contributed by atoms with E-state index in [1.54, 1.807) is 13.1 Å². The van der Waals surface area contributed by atoms with Gasteiger partial charge in [-0.05, 0) is 55.8 Å². The summed E-state index contributed by atoms with van der Waals surface area (Å²) in [7, 11) is 0. The molecule has 2 N–H and O–H groups in total. The van der Waals surface area contributed by atoms with E-state index in [-0.39, 0.29) is 5.91 Å². The molecule has 3 rings (SSSR count). The number of nitrogens with zero attached hydrogens (tertiary/aromatic N) is 1. The first kappa shape index (κ1) is 19.2. The molecule has 5 nitrogen and oxygen atoms in total. The van der Waals surface area contributed by atoms with Gasteiger partial charge >= 0.3 is 0 Å². The van der Waals surface area contributed by atoms with Crippen LogP contribution in [0.15, 0.2) is 84.0 Å². The summed E-state index contributed by atoms with van der Waals surface area (Å²) in [4.78, 5) is 12.2. The van der Waals surface area contributed by atoms with E-state index in [0.29, 0.717) is 5.75 Å². The Hall–Kier alpha value is -3.60. The van der Waals surface area contributed by atoms with E-state index >= 15 is 0 Å². The number of hydrazone groups is 1. The topological polar surface area (TPSA) is 62.7 Å². The third-order valence-electron chi connectivity index (χ3n) is 4.05. The molecule has 0 saturated heterocycles. The van der Waals surface area contributed by atoms with Gasteiger partial charge in [-0.25, -0.2) is 5.43 Å². The Morgan fingerprint density at radius 3 is 2.43 bits per heavy atom. The van der Waals surface area contributed by atoms with Gasteiger partial charge in [0.25, 0.3) is 5.91 Å². The predicted octanol–water partition coefficient (Wildman–Crippen LogP) is 4.74. The molecule has 0 aromatic heterocycles. The van der Waals surface area contributed by atoms with Crippen LogP contribution in [-0.2, 0) is 4.79 Å². The van der Waals surface area contributed by atoms with Crippen molar-refractivity contribution in [3.05, 3.63) is 90.0 Å². The van der Waals surface area contributed by atoms with Gasteiger partial charge in [-0.2, -0.15) is 5.10 Å². The summed E-state index contributed by atoms with van der Waals surface area (Å²) in [5.41, 5.74) is 5.45. The molecule has 3 aromatic carbocycles. The Balaban J connectivity index is 1.54. The molecular formula is C23H23N3O2. The number of amides is 1. The average molecular weight is 373 g/mol. The van der Waals surface area contributed by atoms with Crippen molar-refractivity contribution in [3.63, 3.8) is 0 Å². The standard InChI is InChI=1S/C23H23N3O2/c1-17-11-13-20(14-12-17)25-18(2)23(27)26-24-16-19-7-6-10-22(15-19)28-21-8-4-3-5-9-21/h3-16,18,25H,1-2H3,(H,26,27)/b24-16-/t18-/m0/s1. The second kappa shape index (κ2) is 9.37. The number of nitrogens with one attached hydrogen (secondary N) is 2. The summed E-state index contributed by atoms with van der Waals surface area (Å²) in [6.45, 7) is 3.81. The lowest BCUT2D eigenvalue weighted by Crippen LogP contribution is -2.34. The fourth-order valence-electron chi connectivity index (χ4n) is 2.52. The van der Waals surface area contributed by atoms with Crippen LogP contribution in [0.3, 0.4) is 0 Å². The number of ether oxygens (including phenoxy) is 1. The number of carbonyl (C=O) groups is 1. The molecule has 142 valence electrons. The second-order valence-corrected chi connectivity index (χ2v) is 6.45. The van der Waals surface area contributed by atoms with Gasteiger partial charge in [0, 0.05) is 5.69 Å².